The third-order valence-corrected chi connectivity index (χ3v) is 7.86. The summed E-state index contributed by atoms with van der Waals surface area (Å²) < 4.78 is 2.16. The van der Waals surface area contributed by atoms with E-state index in [9.17, 15) is 0 Å². The lowest BCUT2D eigenvalue weighted by Gasteiger charge is -2.39. The fourth-order valence-corrected chi connectivity index (χ4v) is 5.65. The average molecular weight is 522 g/mol. The van der Waals surface area contributed by atoms with Crippen LogP contribution in [0.25, 0.3) is 33.1 Å². The maximum absolute atomic E-state index is 8.58. The average Bonchev–Trinajstić information content (AvgIpc) is 3.33. The van der Waals surface area contributed by atoms with E-state index in [0.29, 0.717) is 12.0 Å². The first kappa shape index (κ1) is 26.3. The van der Waals surface area contributed by atoms with E-state index in [0.717, 1.165) is 47.2 Å². The summed E-state index contributed by atoms with van der Waals surface area (Å²) in [4.78, 5) is 24.9. The highest BCUT2D eigenvalue weighted by atomic mass is 16.1. The van der Waals surface area contributed by atoms with Gasteiger partial charge in [0.05, 0.1) is 17.1 Å². The SMILES string of the molecule is CC1CC(C(Nc2cc(-c3ccc4ccn(C)c4c3)c3nccnc3c2)c2cccnc2)CCN1C.NC=O. The number of carbonyl (C=O) groups is 1. The van der Waals surface area contributed by atoms with Crippen molar-refractivity contribution in [2.75, 3.05) is 18.9 Å². The molecule has 0 radical (unpaired) electrons. The second-order valence-electron chi connectivity index (χ2n) is 10.3. The van der Waals surface area contributed by atoms with Crippen molar-refractivity contribution >= 4 is 34.0 Å². The molecule has 39 heavy (non-hydrogen) atoms. The molecule has 1 amide bonds. The van der Waals surface area contributed by atoms with E-state index in [-0.39, 0.29) is 12.5 Å². The lowest BCUT2D eigenvalue weighted by Crippen LogP contribution is -2.40. The number of aryl methyl sites for hydroxylation is 1. The summed E-state index contributed by atoms with van der Waals surface area (Å²) in [6.07, 6.45) is 12.1. The molecular weight excluding hydrogens is 486 g/mol. The van der Waals surface area contributed by atoms with Gasteiger partial charge in [0.25, 0.3) is 0 Å². The van der Waals surface area contributed by atoms with Crippen LogP contribution in [-0.4, -0.2) is 50.5 Å². The van der Waals surface area contributed by atoms with Crippen molar-refractivity contribution in [1.29, 1.82) is 0 Å². The van der Waals surface area contributed by atoms with E-state index in [4.69, 9.17) is 9.78 Å². The Morgan fingerprint density at radius 1 is 1.08 bits per heavy atom. The summed E-state index contributed by atoms with van der Waals surface area (Å²) in [5, 5.41) is 5.15. The number of anilines is 1. The van der Waals surface area contributed by atoms with Gasteiger partial charge in [0.2, 0.25) is 6.41 Å². The number of carbonyl (C=O) groups excluding carboxylic acids is 1. The van der Waals surface area contributed by atoms with Crippen molar-refractivity contribution < 1.29 is 4.79 Å². The Morgan fingerprint density at radius 2 is 1.90 bits per heavy atom. The van der Waals surface area contributed by atoms with Crippen molar-refractivity contribution in [2.45, 2.75) is 31.8 Å². The van der Waals surface area contributed by atoms with Gasteiger partial charge >= 0.3 is 0 Å². The van der Waals surface area contributed by atoms with Crippen molar-refractivity contribution in [2.24, 2.45) is 18.7 Å². The highest BCUT2D eigenvalue weighted by Gasteiger charge is 2.30. The predicted octanol–water partition coefficient (Wildman–Crippen LogP) is 5.17. The smallest absolute Gasteiger partial charge is 0.204 e. The highest BCUT2D eigenvalue weighted by Crippen LogP contribution is 2.38. The number of benzene rings is 2. The number of piperidine rings is 1. The zero-order valence-electron chi connectivity index (χ0n) is 22.7. The van der Waals surface area contributed by atoms with Gasteiger partial charge in [-0.3, -0.25) is 19.7 Å². The van der Waals surface area contributed by atoms with Gasteiger partial charge in [-0.15, -0.1) is 0 Å². The van der Waals surface area contributed by atoms with Crippen molar-refractivity contribution in [3.63, 3.8) is 0 Å². The quantitative estimate of drug-likeness (QED) is 0.310. The Morgan fingerprint density at radius 3 is 2.67 bits per heavy atom. The molecule has 2 aromatic carbocycles. The molecule has 8 heteroatoms. The van der Waals surface area contributed by atoms with Gasteiger partial charge in [0.15, 0.2) is 0 Å². The maximum Gasteiger partial charge on any atom is 0.204 e. The zero-order valence-corrected chi connectivity index (χ0v) is 22.7. The number of hydrogen-bond acceptors (Lipinski definition) is 6. The lowest BCUT2D eigenvalue weighted by molar-refractivity contribution is -0.106. The summed E-state index contributed by atoms with van der Waals surface area (Å²) in [5.41, 5.74) is 11.7. The van der Waals surface area contributed by atoms with Crippen LogP contribution in [0.1, 0.15) is 31.4 Å². The minimum Gasteiger partial charge on any atom is -0.378 e. The molecule has 1 fully saturated rings. The van der Waals surface area contributed by atoms with Crippen LogP contribution in [0.2, 0.25) is 0 Å². The molecule has 1 aliphatic rings. The number of nitrogens with one attached hydrogen (secondary N) is 1. The minimum absolute atomic E-state index is 0.173. The Balaban J connectivity index is 0.000000983. The summed E-state index contributed by atoms with van der Waals surface area (Å²) in [6.45, 7) is 3.44. The molecule has 4 heterocycles. The molecule has 1 aliphatic heterocycles. The number of rotatable bonds is 5. The molecule has 6 rings (SSSR count). The highest BCUT2D eigenvalue weighted by molar-refractivity contribution is 5.97. The van der Waals surface area contributed by atoms with Crippen LogP contribution in [0.5, 0.6) is 0 Å². The molecular formula is C31H35N7O. The van der Waals surface area contributed by atoms with E-state index >= 15 is 0 Å². The third-order valence-electron chi connectivity index (χ3n) is 7.86. The van der Waals surface area contributed by atoms with Crippen LogP contribution < -0.4 is 11.1 Å². The number of nitrogens with zero attached hydrogens (tertiary/aromatic N) is 5. The Bertz CT molecular complexity index is 1570. The largest absolute Gasteiger partial charge is 0.378 e. The number of fused-ring (bicyclic) bond motifs is 2. The second kappa shape index (κ2) is 11.6. The van der Waals surface area contributed by atoms with Gasteiger partial charge in [-0.2, -0.15) is 0 Å². The van der Waals surface area contributed by atoms with E-state index in [1.165, 1.54) is 16.5 Å². The van der Waals surface area contributed by atoms with E-state index in [2.05, 4.69) is 100 Å². The van der Waals surface area contributed by atoms with Crippen LogP contribution in [0, 0.1) is 5.92 Å². The fraction of sp³-hybridized carbons (Fsp3) is 0.290. The van der Waals surface area contributed by atoms with Crippen LogP contribution in [-0.2, 0) is 11.8 Å². The van der Waals surface area contributed by atoms with Gasteiger partial charge in [-0.05, 0) is 86.1 Å². The van der Waals surface area contributed by atoms with Gasteiger partial charge in [-0.1, -0.05) is 18.2 Å². The molecule has 8 nitrogen and oxygen atoms in total. The molecule has 0 saturated carbocycles. The van der Waals surface area contributed by atoms with Gasteiger partial charge < -0.3 is 20.5 Å². The lowest BCUT2D eigenvalue weighted by atomic mass is 9.83. The fourth-order valence-electron chi connectivity index (χ4n) is 5.65. The summed E-state index contributed by atoms with van der Waals surface area (Å²) >= 11 is 0. The summed E-state index contributed by atoms with van der Waals surface area (Å²) in [7, 11) is 4.31. The van der Waals surface area contributed by atoms with Crippen LogP contribution in [0.15, 0.2) is 79.5 Å². The minimum atomic E-state index is 0.173. The predicted molar refractivity (Wildman–Crippen MR) is 157 cm³/mol. The summed E-state index contributed by atoms with van der Waals surface area (Å²) in [5.74, 6) is 0.515. The first-order valence-electron chi connectivity index (χ1n) is 13.3. The molecule has 3 N–H and O–H groups in total. The van der Waals surface area contributed by atoms with Gasteiger partial charge in [-0.25, -0.2) is 0 Å². The molecule has 5 aromatic rings. The molecule has 0 aliphatic carbocycles. The Kier molecular flexibility index (Phi) is 7.84. The summed E-state index contributed by atoms with van der Waals surface area (Å²) in [6, 6.07) is 18.1. The number of pyridine rings is 1. The molecule has 0 spiro atoms. The number of aromatic nitrogens is 4. The second-order valence-corrected chi connectivity index (χ2v) is 10.3. The molecule has 200 valence electrons. The molecule has 1 saturated heterocycles. The first-order chi connectivity index (χ1) is 19.0. The first-order valence-corrected chi connectivity index (χ1v) is 13.3. The molecule has 3 atom stereocenters. The number of nitrogens with two attached hydrogens (primary N) is 1. The zero-order chi connectivity index (χ0) is 27.4. The standard InChI is InChI=1S/C30H32N6.CH3NO/c1-20-15-23(9-13-35(20)2)29(24-5-4-10-31-19-24)34-25-17-26(30-27(18-25)32-11-12-33-30)22-7-6-21-8-14-36(3)28(21)16-22;2-1-3/h4-8,10-12,14,16-20,23,29,34H,9,13,15H2,1-3H3;1H,(H2,2,3). The van der Waals surface area contributed by atoms with Crippen molar-refractivity contribution in [3.05, 3.63) is 85.1 Å². The number of primary amides is 1. The number of amides is 1. The van der Waals surface area contributed by atoms with Gasteiger partial charge in [0, 0.05) is 60.8 Å². The van der Waals surface area contributed by atoms with Crippen LogP contribution in [0.3, 0.4) is 0 Å². The van der Waals surface area contributed by atoms with Crippen molar-refractivity contribution in [3.8, 4) is 11.1 Å². The van der Waals surface area contributed by atoms with Gasteiger partial charge in [0.1, 0.15) is 0 Å². The van der Waals surface area contributed by atoms with E-state index in [1.807, 2.05) is 18.5 Å². The van der Waals surface area contributed by atoms with E-state index < -0.39 is 0 Å². The topological polar surface area (TPSA) is 102 Å². The monoisotopic (exact) mass is 521 g/mol. The molecule has 0 bridgehead atoms. The molecule has 3 unspecified atom stereocenters. The normalized spacial score (nSPS) is 18.3. The Hall–Kier alpha value is -4.30. The maximum atomic E-state index is 8.58. The third kappa shape index (κ3) is 5.61. The van der Waals surface area contributed by atoms with Crippen molar-refractivity contribution in [1.82, 2.24) is 24.4 Å². The van der Waals surface area contributed by atoms with E-state index in [1.54, 1.807) is 12.4 Å². The van der Waals surface area contributed by atoms with Crippen LogP contribution >= 0.6 is 0 Å². The Labute approximate surface area is 228 Å². The van der Waals surface area contributed by atoms with Crippen LogP contribution in [0.4, 0.5) is 5.69 Å². The molecule has 3 aromatic heterocycles. The number of likely N-dealkylation sites (tertiary alicyclic amines) is 1. The number of hydrogen-bond donors (Lipinski definition) is 2.